The highest BCUT2D eigenvalue weighted by Crippen LogP contribution is 1.96. The summed E-state index contributed by atoms with van der Waals surface area (Å²) in [6, 6.07) is 8.47. The summed E-state index contributed by atoms with van der Waals surface area (Å²) in [5, 5.41) is 9.73. The highest BCUT2D eigenvalue weighted by atomic mass is 16.5. The second kappa shape index (κ2) is 3.70. The van der Waals surface area contributed by atoms with Gasteiger partial charge in [0.2, 0.25) is 0 Å². The van der Waals surface area contributed by atoms with Crippen molar-refractivity contribution in [3.63, 3.8) is 0 Å². The van der Waals surface area contributed by atoms with Gasteiger partial charge in [-0.2, -0.15) is 0 Å². The quantitative estimate of drug-likeness (QED) is 0.596. The standard InChI is InChI=1S/C7H7N2O2/c10-7(8-9-11)6-4-2-1-3-5-6/h1-5,9H,(H,8,10). The van der Waals surface area contributed by atoms with Gasteiger partial charge in [-0.3, -0.25) is 10.2 Å². The summed E-state index contributed by atoms with van der Waals surface area (Å²) in [4.78, 5) is 10.9. The molecule has 4 nitrogen and oxygen atoms in total. The fourth-order valence-corrected chi connectivity index (χ4v) is 0.708. The number of carbonyl (C=O) groups excluding carboxylic acids is 1. The fraction of sp³-hybridized carbons (Fsp3) is 0. The third kappa shape index (κ3) is 2.03. The first-order valence-corrected chi connectivity index (χ1v) is 3.07. The molecule has 0 heterocycles. The topological polar surface area (TPSA) is 61.0 Å². The molecule has 11 heavy (non-hydrogen) atoms. The number of amides is 1. The maximum atomic E-state index is 10.9. The third-order valence-corrected chi connectivity index (χ3v) is 1.20. The van der Waals surface area contributed by atoms with Gasteiger partial charge >= 0.3 is 0 Å². The highest BCUT2D eigenvalue weighted by Gasteiger charge is 2.00. The summed E-state index contributed by atoms with van der Waals surface area (Å²) in [5.74, 6) is -0.430. The molecule has 0 saturated carbocycles. The van der Waals surface area contributed by atoms with Crippen LogP contribution in [-0.4, -0.2) is 5.91 Å². The Morgan fingerprint density at radius 1 is 1.18 bits per heavy atom. The van der Waals surface area contributed by atoms with Gasteiger partial charge in [-0.25, -0.2) is 0 Å². The van der Waals surface area contributed by atoms with Crippen LogP contribution in [0.1, 0.15) is 10.4 Å². The van der Waals surface area contributed by atoms with E-state index in [9.17, 15) is 10.0 Å². The van der Waals surface area contributed by atoms with Crippen LogP contribution in [0.2, 0.25) is 0 Å². The zero-order chi connectivity index (χ0) is 8.10. The first-order valence-electron chi connectivity index (χ1n) is 3.07. The first kappa shape index (κ1) is 7.71. The van der Waals surface area contributed by atoms with Crippen molar-refractivity contribution in [1.29, 1.82) is 0 Å². The molecule has 0 aliphatic heterocycles. The number of rotatable bonds is 2. The lowest BCUT2D eigenvalue weighted by Crippen LogP contribution is -2.33. The summed E-state index contributed by atoms with van der Waals surface area (Å²) in [6.45, 7) is 0. The Balaban J connectivity index is 2.69. The Bertz CT molecular complexity index is 235. The molecule has 2 N–H and O–H groups in total. The van der Waals surface area contributed by atoms with Crippen molar-refractivity contribution in [2.24, 2.45) is 0 Å². The SMILES string of the molecule is [O]NNC(=O)c1ccccc1. The van der Waals surface area contributed by atoms with E-state index in [0.29, 0.717) is 5.56 Å². The minimum atomic E-state index is -0.430. The summed E-state index contributed by atoms with van der Waals surface area (Å²) in [7, 11) is 0. The Morgan fingerprint density at radius 3 is 2.36 bits per heavy atom. The van der Waals surface area contributed by atoms with E-state index in [1.54, 1.807) is 30.3 Å². The summed E-state index contributed by atoms with van der Waals surface area (Å²) >= 11 is 0. The average molecular weight is 151 g/mol. The van der Waals surface area contributed by atoms with E-state index < -0.39 is 5.91 Å². The molecule has 0 spiro atoms. The predicted molar refractivity (Wildman–Crippen MR) is 37.7 cm³/mol. The Kier molecular flexibility index (Phi) is 2.59. The second-order valence-electron chi connectivity index (χ2n) is 1.92. The monoisotopic (exact) mass is 151 g/mol. The van der Waals surface area contributed by atoms with Crippen molar-refractivity contribution in [2.45, 2.75) is 0 Å². The largest absolute Gasteiger partial charge is 0.268 e. The summed E-state index contributed by atoms with van der Waals surface area (Å²) < 4.78 is 0. The summed E-state index contributed by atoms with van der Waals surface area (Å²) in [6.07, 6.45) is 0. The lowest BCUT2D eigenvalue weighted by molar-refractivity contribution is 0.0337. The third-order valence-electron chi connectivity index (χ3n) is 1.20. The van der Waals surface area contributed by atoms with Crippen LogP contribution < -0.4 is 11.0 Å². The molecule has 1 radical (unpaired) electrons. The summed E-state index contributed by atoms with van der Waals surface area (Å²) in [5.41, 5.74) is 3.69. The van der Waals surface area contributed by atoms with Gasteiger partial charge in [-0.15, -0.1) is 5.21 Å². The molecular formula is C7H7N2O2. The lowest BCUT2D eigenvalue weighted by atomic mass is 10.2. The number of benzene rings is 1. The van der Waals surface area contributed by atoms with Crippen LogP contribution in [0.3, 0.4) is 0 Å². The van der Waals surface area contributed by atoms with Gasteiger partial charge < -0.3 is 0 Å². The van der Waals surface area contributed by atoms with Gasteiger partial charge in [-0.05, 0) is 12.1 Å². The van der Waals surface area contributed by atoms with Crippen LogP contribution in [0.15, 0.2) is 30.3 Å². The maximum Gasteiger partial charge on any atom is 0.267 e. The van der Waals surface area contributed by atoms with E-state index in [4.69, 9.17) is 0 Å². The van der Waals surface area contributed by atoms with E-state index in [2.05, 4.69) is 0 Å². The molecule has 0 saturated heterocycles. The number of hydrogen-bond donors (Lipinski definition) is 2. The van der Waals surface area contributed by atoms with Crippen molar-refractivity contribution in [2.75, 3.05) is 0 Å². The van der Waals surface area contributed by atoms with Crippen LogP contribution >= 0.6 is 0 Å². The van der Waals surface area contributed by atoms with Crippen molar-refractivity contribution in [3.8, 4) is 0 Å². The van der Waals surface area contributed by atoms with Crippen molar-refractivity contribution < 1.29 is 10.0 Å². The molecular weight excluding hydrogens is 144 g/mol. The fourth-order valence-electron chi connectivity index (χ4n) is 0.708. The molecule has 0 bridgehead atoms. The van der Waals surface area contributed by atoms with Crippen LogP contribution in [0.25, 0.3) is 0 Å². The molecule has 1 amide bonds. The normalized spacial score (nSPS) is 9.18. The van der Waals surface area contributed by atoms with E-state index in [1.165, 1.54) is 5.59 Å². The maximum absolute atomic E-state index is 10.9. The molecule has 4 heteroatoms. The smallest absolute Gasteiger partial charge is 0.267 e. The van der Waals surface area contributed by atoms with Gasteiger partial charge in [0.15, 0.2) is 0 Å². The van der Waals surface area contributed by atoms with Crippen molar-refractivity contribution in [1.82, 2.24) is 11.0 Å². The molecule has 1 aromatic carbocycles. The van der Waals surface area contributed by atoms with E-state index in [0.717, 1.165) is 0 Å². The number of hydrogen-bond acceptors (Lipinski definition) is 2. The Morgan fingerprint density at radius 2 is 1.82 bits per heavy atom. The molecule has 0 unspecified atom stereocenters. The molecule has 1 aromatic rings. The highest BCUT2D eigenvalue weighted by molar-refractivity contribution is 5.93. The molecule has 0 aliphatic carbocycles. The van der Waals surface area contributed by atoms with Crippen LogP contribution in [0.5, 0.6) is 0 Å². The zero-order valence-corrected chi connectivity index (χ0v) is 5.70. The molecule has 57 valence electrons. The number of nitrogens with one attached hydrogen (secondary N) is 2. The van der Waals surface area contributed by atoms with Gasteiger partial charge in [0.1, 0.15) is 0 Å². The predicted octanol–water partition coefficient (Wildman–Crippen LogP) is 0.266. The van der Waals surface area contributed by atoms with Crippen LogP contribution in [-0.2, 0) is 5.21 Å². The minimum absolute atomic E-state index is 0.430. The van der Waals surface area contributed by atoms with E-state index in [1.807, 2.05) is 5.43 Å². The Hall–Kier alpha value is -1.39. The number of carbonyl (C=O) groups is 1. The van der Waals surface area contributed by atoms with Crippen molar-refractivity contribution in [3.05, 3.63) is 35.9 Å². The van der Waals surface area contributed by atoms with Crippen molar-refractivity contribution >= 4 is 5.91 Å². The molecule has 0 aromatic heterocycles. The van der Waals surface area contributed by atoms with Gasteiger partial charge in [0.25, 0.3) is 5.91 Å². The number of hydrazine groups is 1. The lowest BCUT2D eigenvalue weighted by Gasteiger charge is -1.98. The van der Waals surface area contributed by atoms with Gasteiger partial charge in [-0.1, -0.05) is 23.8 Å². The van der Waals surface area contributed by atoms with Gasteiger partial charge in [0.05, 0.1) is 0 Å². The zero-order valence-electron chi connectivity index (χ0n) is 5.70. The van der Waals surface area contributed by atoms with Crippen LogP contribution in [0.4, 0.5) is 0 Å². The molecule has 0 atom stereocenters. The van der Waals surface area contributed by atoms with E-state index >= 15 is 0 Å². The van der Waals surface area contributed by atoms with E-state index in [-0.39, 0.29) is 0 Å². The van der Waals surface area contributed by atoms with Crippen LogP contribution in [0, 0.1) is 0 Å². The Labute approximate surface area is 63.8 Å². The first-order chi connectivity index (χ1) is 5.34. The molecule has 0 aliphatic rings. The minimum Gasteiger partial charge on any atom is -0.268 e. The molecule has 0 fully saturated rings. The van der Waals surface area contributed by atoms with Gasteiger partial charge in [0, 0.05) is 5.56 Å². The molecule has 1 rings (SSSR count). The average Bonchev–Trinajstić information content (AvgIpc) is 2.07. The second-order valence-corrected chi connectivity index (χ2v) is 1.92.